The first kappa shape index (κ1) is 20.9. The first-order chi connectivity index (χ1) is 10.6. The van der Waals surface area contributed by atoms with Gasteiger partial charge in [0.2, 0.25) is 15.9 Å². The van der Waals surface area contributed by atoms with Crippen LogP contribution in [0.2, 0.25) is 0 Å². The number of anilines is 1. The average molecular weight is 376 g/mol. The molecule has 1 aromatic carbocycles. The van der Waals surface area contributed by atoms with Crippen LogP contribution in [-0.2, 0) is 21.2 Å². The topological polar surface area (TPSA) is 83.7 Å². The fourth-order valence-electron chi connectivity index (χ4n) is 2.78. The van der Waals surface area contributed by atoms with E-state index in [1.54, 1.807) is 30.1 Å². The molecule has 1 heterocycles. The van der Waals surface area contributed by atoms with Crippen LogP contribution in [0.5, 0.6) is 0 Å². The van der Waals surface area contributed by atoms with Crippen molar-refractivity contribution in [1.29, 1.82) is 0 Å². The van der Waals surface area contributed by atoms with E-state index in [1.165, 1.54) is 11.2 Å². The molecule has 0 radical (unpaired) electrons. The van der Waals surface area contributed by atoms with Crippen LogP contribution in [0.15, 0.2) is 23.1 Å². The molecule has 2 N–H and O–H groups in total. The van der Waals surface area contributed by atoms with E-state index in [0.29, 0.717) is 25.3 Å². The summed E-state index contributed by atoms with van der Waals surface area (Å²) in [5, 5.41) is 0. The van der Waals surface area contributed by atoms with Crippen LogP contribution >= 0.6 is 12.4 Å². The van der Waals surface area contributed by atoms with Crippen LogP contribution < -0.4 is 10.6 Å². The fourth-order valence-corrected chi connectivity index (χ4v) is 4.16. The molecule has 0 saturated carbocycles. The van der Waals surface area contributed by atoms with Gasteiger partial charge in [0.1, 0.15) is 0 Å². The molecule has 1 amide bonds. The number of sulfonamides is 1. The van der Waals surface area contributed by atoms with Crippen LogP contribution in [0.4, 0.5) is 5.69 Å². The SMILES string of the molecule is CC(=O)N1CCc2ccc(S(=O)(=O)N(C)CC(C)(C)CN)cc21.Cl. The number of amides is 1. The molecule has 2 rings (SSSR count). The van der Waals surface area contributed by atoms with Crippen LogP contribution in [0.25, 0.3) is 0 Å². The predicted octanol–water partition coefficient (Wildman–Crippen LogP) is 1.62. The molecular weight excluding hydrogens is 350 g/mol. The maximum Gasteiger partial charge on any atom is 0.242 e. The molecule has 0 spiro atoms. The number of carbonyl (C=O) groups excluding carboxylic acids is 1. The number of benzene rings is 1. The number of nitrogens with two attached hydrogens (primary N) is 1. The standard InChI is InChI=1S/C16H25N3O3S.ClH/c1-12(20)19-8-7-13-5-6-14(9-15(13)19)23(21,22)18(4)11-16(2,3)10-17;/h5-6,9H,7-8,10-11,17H2,1-4H3;1H. The van der Waals surface area contributed by atoms with E-state index in [9.17, 15) is 13.2 Å². The highest BCUT2D eigenvalue weighted by atomic mass is 35.5. The fraction of sp³-hybridized carbons (Fsp3) is 0.562. The summed E-state index contributed by atoms with van der Waals surface area (Å²) in [4.78, 5) is 13.5. The van der Waals surface area contributed by atoms with Gasteiger partial charge in [-0.1, -0.05) is 19.9 Å². The van der Waals surface area contributed by atoms with Gasteiger partial charge in [-0.15, -0.1) is 12.4 Å². The van der Waals surface area contributed by atoms with E-state index in [0.717, 1.165) is 12.0 Å². The van der Waals surface area contributed by atoms with Gasteiger partial charge >= 0.3 is 0 Å². The van der Waals surface area contributed by atoms with Gasteiger partial charge in [0.15, 0.2) is 0 Å². The third-order valence-corrected chi connectivity index (χ3v) is 6.04. The molecule has 1 aromatic rings. The average Bonchev–Trinajstić information content (AvgIpc) is 2.89. The van der Waals surface area contributed by atoms with Crippen molar-refractivity contribution in [3.05, 3.63) is 23.8 Å². The van der Waals surface area contributed by atoms with E-state index in [-0.39, 0.29) is 28.6 Å². The Kier molecular flexibility index (Phi) is 6.43. The molecule has 0 aliphatic carbocycles. The molecule has 0 bridgehead atoms. The minimum Gasteiger partial charge on any atom is -0.330 e. The number of nitrogens with zero attached hydrogens (tertiary/aromatic N) is 2. The molecule has 0 unspecified atom stereocenters. The number of fused-ring (bicyclic) bond motifs is 1. The Balaban J connectivity index is 0.00000288. The normalized spacial score (nSPS) is 14.5. The lowest BCUT2D eigenvalue weighted by Gasteiger charge is -2.28. The zero-order valence-electron chi connectivity index (χ0n) is 14.6. The van der Waals surface area contributed by atoms with Crippen molar-refractivity contribution in [3.8, 4) is 0 Å². The molecule has 0 aromatic heterocycles. The minimum absolute atomic E-state index is 0. The Morgan fingerprint density at radius 3 is 2.54 bits per heavy atom. The van der Waals surface area contributed by atoms with E-state index >= 15 is 0 Å². The summed E-state index contributed by atoms with van der Waals surface area (Å²) in [6, 6.07) is 5.02. The smallest absolute Gasteiger partial charge is 0.242 e. The van der Waals surface area contributed by atoms with Gasteiger partial charge in [0.05, 0.1) is 4.90 Å². The second-order valence-corrected chi connectivity index (χ2v) is 8.89. The van der Waals surface area contributed by atoms with Gasteiger partial charge in [-0.25, -0.2) is 12.7 Å². The summed E-state index contributed by atoms with van der Waals surface area (Å²) in [6.07, 6.45) is 0.755. The van der Waals surface area contributed by atoms with Gasteiger partial charge in [0.25, 0.3) is 0 Å². The first-order valence-corrected chi connectivity index (χ1v) is 9.10. The summed E-state index contributed by atoms with van der Waals surface area (Å²) in [5.74, 6) is -0.0732. The second kappa shape index (κ2) is 7.39. The molecular formula is C16H26ClN3O3S. The van der Waals surface area contributed by atoms with Crippen molar-refractivity contribution in [2.45, 2.75) is 32.1 Å². The Morgan fingerprint density at radius 1 is 1.38 bits per heavy atom. The molecule has 1 aliphatic heterocycles. The van der Waals surface area contributed by atoms with Crippen molar-refractivity contribution in [2.24, 2.45) is 11.1 Å². The Morgan fingerprint density at radius 2 is 2.00 bits per heavy atom. The molecule has 0 atom stereocenters. The highest BCUT2D eigenvalue weighted by Gasteiger charge is 2.29. The van der Waals surface area contributed by atoms with E-state index < -0.39 is 10.0 Å². The zero-order valence-corrected chi connectivity index (χ0v) is 16.2. The van der Waals surface area contributed by atoms with Crippen molar-refractivity contribution in [2.75, 3.05) is 31.6 Å². The molecule has 6 nitrogen and oxygen atoms in total. The summed E-state index contributed by atoms with van der Waals surface area (Å²) >= 11 is 0. The van der Waals surface area contributed by atoms with Gasteiger partial charge in [-0.05, 0) is 36.1 Å². The Labute approximate surface area is 150 Å². The number of rotatable bonds is 5. The van der Waals surface area contributed by atoms with Gasteiger partial charge in [0, 0.05) is 32.7 Å². The van der Waals surface area contributed by atoms with Crippen LogP contribution in [0.1, 0.15) is 26.3 Å². The molecule has 24 heavy (non-hydrogen) atoms. The number of hydrogen-bond acceptors (Lipinski definition) is 4. The number of carbonyl (C=O) groups is 1. The Hall–Kier alpha value is -1.15. The summed E-state index contributed by atoms with van der Waals surface area (Å²) < 4.78 is 26.9. The third kappa shape index (κ3) is 4.08. The lowest BCUT2D eigenvalue weighted by Crippen LogP contribution is -2.39. The summed E-state index contributed by atoms with van der Waals surface area (Å²) in [7, 11) is -2.05. The molecule has 0 fully saturated rings. The number of hydrogen-bond donors (Lipinski definition) is 1. The predicted molar refractivity (Wildman–Crippen MR) is 98.1 cm³/mol. The molecule has 1 aliphatic rings. The first-order valence-electron chi connectivity index (χ1n) is 7.66. The van der Waals surface area contributed by atoms with Crippen molar-refractivity contribution in [3.63, 3.8) is 0 Å². The lowest BCUT2D eigenvalue weighted by molar-refractivity contribution is -0.116. The van der Waals surface area contributed by atoms with Crippen LogP contribution in [-0.4, -0.2) is 45.3 Å². The quantitative estimate of drug-likeness (QED) is 0.847. The second-order valence-electron chi connectivity index (χ2n) is 6.84. The largest absolute Gasteiger partial charge is 0.330 e. The molecule has 8 heteroatoms. The monoisotopic (exact) mass is 375 g/mol. The maximum atomic E-state index is 12.8. The van der Waals surface area contributed by atoms with E-state index in [2.05, 4.69) is 0 Å². The van der Waals surface area contributed by atoms with Crippen molar-refractivity contribution >= 4 is 34.0 Å². The Bertz CT molecular complexity index is 719. The van der Waals surface area contributed by atoms with Crippen molar-refractivity contribution in [1.82, 2.24) is 4.31 Å². The van der Waals surface area contributed by atoms with Crippen molar-refractivity contribution < 1.29 is 13.2 Å². The summed E-state index contributed by atoms with van der Waals surface area (Å²) in [5.41, 5.74) is 7.10. The lowest BCUT2D eigenvalue weighted by atomic mass is 9.94. The van der Waals surface area contributed by atoms with E-state index in [4.69, 9.17) is 5.73 Å². The van der Waals surface area contributed by atoms with Gasteiger partial charge in [-0.2, -0.15) is 0 Å². The minimum atomic E-state index is -3.61. The van der Waals surface area contributed by atoms with Crippen LogP contribution in [0, 0.1) is 5.41 Å². The number of halogens is 1. The third-order valence-electron chi connectivity index (χ3n) is 4.24. The highest BCUT2D eigenvalue weighted by Crippen LogP contribution is 2.31. The zero-order chi connectivity index (χ0) is 17.4. The maximum absolute atomic E-state index is 12.8. The van der Waals surface area contributed by atoms with Gasteiger partial charge < -0.3 is 10.6 Å². The molecule has 0 saturated heterocycles. The summed E-state index contributed by atoms with van der Waals surface area (Å²) in [6.45, 7) is 6.68. The van der Waals surface area contributed by atoms with Crippen LogP contribution in [0.3, 0.4) is 0 Å². The molecule has 136 valence electrons. The van der Waals surface area contributed by atoms with E-state index in [1.807, 2.05) is 13.8 Å². The highest BCUT2D eigenvalue weighted by molar-refractivity contribution is 7.89. The van der Waals surface area contributed by atoms with Gasteiger partial charge in [-0.3, -0.25) is 4.79 Å².